The molecule has 1 N–H and O–H groups in total. The second-order valence-corrected chi connectivity index (χ2v) is 7.29. The molecule has 132 valence electrons. The van der Waals surface area contributed by atoms with Crippen molar-refractivity contribution in [3.63, 3.8) is 0 Å². The van der Waals surface area contributed by atoms with E-state index in [4.69, 9.17) is 0 Å². The van der Waals surface area contributed by atoms with Crippen molar-refractivity contribution in [2.45, 2.75) is 26.3 Å². The molecule has 1 saturated heterocycles. The molecule has 6 heteroatoms. The minimum atomic E-state index is -0.0893. The first kappa shape index (κ1) is 17.2. The zero-order valence-corrected chi connectivity index (χ0v) is 15.1. The standard InChI is InChI=1S/C19H25N5O/c1-19(2,3)20-17-10-9-16(21-22-17)18(25)24-13-11-23(12-14-24)15-7-5-4-6-8-15/h4-10H,11-14H2,1-3H3,(H,20,22). The Labute approximate surface area is 148 Å². The maximum absolute atomic E-state index is 12.6. The van der Waals surface area contributed by atoms with Crippen molar-refractivity contribution in [2.24, 2.45) is 0 Å². The monoisotopic (exact) mass is 339 g/mol. The number of rotatable bonds is 3. The van der Waals surface area contributed by atoms with Crippen LogP contribution < -0.4 is 10.2 Å². The highest BCUT2D eigenvalue weighted by atomic mass is 16.2. The smallest absolute Gasteiger partial charge is 0.274 e. The van der Waals surface area contributed by atoms with E-state index >= 15 is 0 Å². The number of nitrogens with one attached hydrogen (secondary N) is 1. The second-order valence-electron chi connectivity index (χ2n) is 7.29. The van der Waals surface area contributed by atoms with E-state index in [0.29, 0.717) is 24.6 Å². The fourth-order valence-electron chi connectivity index (χ4n) is 2.87. The van der Waals surface area contributed by atoms with Gasteiger partial charge in [0, 0.05) is 37.4 Å². The van der Waals surface area contributed by atoms with Gasteiger partial charge in [0.15, 0.2) is 5.69 Å². The van der Waals surface area contributed by atoms with Crippen LogP contribution in [0.2, 0.25) is 0 Å². The Bertz CT molecular complexity index is 701. The number of benzene rings is 1. The number of hydrogen-bond acceptors (Lipinski definition) is 5. The van der Waals surface area contributed by atoms with Crippen LogP contribution in [-0.4, -0.2) is 52.7 Å². The molecule has 6 nitrogen and oxygen atoms in total. The Morgan fingerprint density at radius 3 is 2.20 bits per heavy atom. The van der Waals surface area contributed by atoms with Crippen LogP contribution in [0.5, 0.6) is 0 Å². The van der Waals surface area contributed by atoms with E-state index in [9.17, 15) is 4.79 Å². The summed E-state index contributed by atoms with van der Waals surface area (Å²) in [5, 5.41) is 11.5. The summed E-state index contributed by atoms with van der Waals surface area (Å²) in [6, 6.07) is 13.8. The van der Waals surface area contributed by atoms with Crippen LogP contribution in [0.1, 0.15) is 31.3 Å². The van der Waals surface area contributed by atoms with Gasteiger partial charge >= 0.3 is 0 Å². The molecule has 0 atom stereocenters. The molecule has 0 spiro atoms. The van der Waals surface area contributed by atoms with Gasteiger partial charge in [-0.05, 0) is 45.0 Å². The van der Waals surface area contributed by atoms with Crippen molar-refractivity contribution >= 4 is 17.4 Å². The van der Waals surface area contributed by atoms with Gasteiger partial charge in [-0.2, -0.15) is 0 Å². The second kappa shape index (κ2) is 7.09. The molecule has 2 aromatic rings. The van der Waals surface area contributed by atoms with Crippen molar-refractivity contribution in [3.8, 4) is 0 Å². The minimum absolute atomic E-state index is 0.0532. The van der Waals surface area contributed by atoms with Gasteiger partial charge in [0.2, 0.25) is 0 Å². The Kier molecular flexibility index (Phi) is 4.88. The van der Waals surface area contributed by atoms with Gasteiger partial charge in [0.25, 0.3) is 5.91 Å². The van der Waals surface area contributed by atoms with E-state index < -0.39 is 0 Å². The van der Waals surface area contributed by atoms with Gasteiger partial charge in [0.1, 0.15) is 5.82 Å². The van der Waals surface area contributed by atoms with Crippen LogP contribution in [0, 0.1) is 0 Å². The van der Waals surface area contributed by atoms with E-state index in [1.54, 1.807) is 6.07 Å². The summed E-state index contributed by atoms with van der Waals surface area (Å²) in [7, 11) is 0. The Balaban J connectivity index is 1.59. The molecular weight excluding hydrogens is 314 g/mol. The first-order valence-electron chi connectivity index (χ1n) is 8.63. The van der Waals surface area contributed by atoms with Gasteiger partial charge in [-0.1, -0.05) is 18.2 Å². The number of amides is 1. The SMILES string of the molecule is CC(C)(C)Nc1ccc(C(=O)N2CCN(c3ccccc3)CC2)nn1. The first-order valence-corrected chi connectivity index (χ1v) is 8.63. The summed E-state index contributed by atoms with van der Waals surface area (Å²) in [4.78, 5) is 16.8. The molecule has 1 aromatic heterocycles. The van der Waals surface area contributed by atoms with Gasteiger partial charge in [-0.25, -0.2) is 0 Å². The highest BCUT2D eigenvalue weighted by molar-refractivity contribution is 5.92. The normalized spacial score (nSPS) is 15.2. The third-order valence-electron chi connectivity index (χ3n) is 4.07. The highest BCUT2D eigenvalue weighted by Crippen LogP contribution is 2.17. The summed E-state index contributed by atoms with van der Waals surface area (Å²) in [6.07, 6.45) is 0. The van der Waals surface area contributed by atoms with Crippen molar-refractivity contribution in [2.75, 3.05) is 36.4 Å². The van der Waals surface area contributed by atoms with Crippen molar-refractivity contribution in [1.29, 1.82) is 0 Å². The number of hydrogen-bond donors (Lipinski definition) is 1. The average molecular weight is 339 g/mol. The quantitative estimate of drug-likeness (QED) is 0.931. The Morgan fingerprint density at radius 1 is 0.960 bits per heavy atom. The summed E-state index contributed by atoms with van der Waals surface area (Å²) in [5.74, 6) is 0.625. The molecule has 1 aliphatic heterocycles. The largest absolute Gasteiger partial charge is 0.368 e. The Hall–Kier alpha value is -2.63. The molecule has 3 rings (SSSR count). The van der Waals surface area contributed by atoms with Crippen LogP contribution in [0.25, 0.3) is 0 Å². The summed E-state index contributed by atoms with van der Waals surface area (Å²) in [6.45, 7) is 9.20. The highest BCUT2D eigenvalue weighted by Gasteiger charge is 2.23. The molecule has 0 aliphatic carbocycles. The van der Waals surface area contributed by atoms with Crippen molar-refractivity contribution in [3.05, 3.63) is 48.2 Å². The summed E-state index contributed by atoms with van der Waals surface area (Å²) in [5.41, 5.74) is 1.51. The number of para-hydroxylation sites is 1. The maximum Gasteiger partial charge on any atom is 0.274 e. The number of nitrogens with zero attached hydrogens (tertiary/aromatic N) is 4. The lowest BCUT2D eigenvalue weighted by molar-refractivity contribution is 0.0739. The number of piperazine rings is 1. The van der Waals surface area contributed by atoms with Gasteiger partial charge < -0.3 is 15.1 Å². The molecule has 0 unspecified atom stereocenters. The molecule has 1 fully saturated rings. The van der Waals surface area contributed by atoms with Gasteiger partial charge in [0.05, 0.1) is 0 Å². The minimum Gasteiger partial charge on any atom is -0.368 e. The lowest BCUT2D eigenvalue weighted by Gasteiger charge is -2.35. The average Bonchev–Trinajstić information content (AvgIpc) is 2.61. The van der Waals surface area contributed by atoms with Crippen molar-refractivity contribution < 1.29 is 4.79 Å². The molecule has 1 aliphatic rings. The third kappa shape index (κ3) is 4.47. The molecule has 0 bridgehead atoms. The van der Waals surface area contributed by atoms with Crippen LogP contribution in [-0.2, 0) is 0 Å². The molecule has 2 heterocycles. The van der Waals surface area contributed by atoms with Crippen molar-refractivity contribution in [1.82, 2.24) is 15.1 Å². The van der Waals surface area contributed by atoms with Crippen LogP contribution in [0.3, 0.4) is 0 Å². The first-order chi connectivity index (χ1) is 11.9. The summed E-state index contributed by atoms with van der Waals surface area (Å²) < 4.78 is 0. The van der Waals surface area contributed by atoms with Gasteiger partial charge in [-0.15, -0.1) is 10.2 Å². The summed E-state index contributed by atoms with van der Waals surface area (Å²) >= 11 is 0. The van der Waals surface area contributed by atoms with E-state index in [1.807, 2.05) is 29.2 Å². The van der Waals surface area contributed by atoms with Crippen LogP contribution in [0.15, 0.2) is 42.5 Å². The number of anilines is 2. The molecule has 25 heavy (non-hydrogen) atoms. The van der Waals surface area contributed by atoms with Gasteiger partial charge in [-0.3, -0.25) is 4.79 Å². The lowest BCUT2D eigenvalue weighted by atomic mass is 10.1. The predicted molar refractivity (Wildman–Crippen MR) is 100.0 cm³/mol. The van der Waals surface area contributed by atoms with E-state index in [-0.39, 0.29) is 11.4 Å². The topological polar surface area (TPSA) is 61.4 Å². The predicted octanol–water partition coefficient (Wildman–Crippen LogP) is 2.65. The van der Waals surface area contributed by atoms with Crippen LogP contribution >= 0.6 is 0 Å². The number of aromatic nitrogens is 2. The number of carbonyl (C=O) groups excluding carboxylic acids is 1. The van der Waals surface area contributed by atoms with E-state index in [0.717, 1.165) is 13.1 Å². The zero-order chi connectivity index (χ0) is 17.9. The molecule has 0 saturated carbocycles. The van der Waals surface area contributed by atoms with E-state index in [2.05, 4.69) is 53.3 Å². The maximum atomic E-state index is 12.6. The van der Waals surface area contributed by atoms with E-state index in [1.165, 1.54) is 5.69 Å². The fraction of sp³-hybridized carbons (Fsp3) is 0.421. The molecule has 0 radical (unpaired) electrons. The van der Waals surface area contributed by atoms with Crippen LogP contribution in [0.4, 0.5) is 11.5 Å². The zero-order valence-electron chi connectivity index (χ0n) is 15.1. The fourth-order valence-corrected chi connectivity index (χ4v) is 2.87. The molecular formula is C19H25N5O. The molecule has 1 amide bonds. The lowest BCUT2D eigenvalue weighted by Crippen LogP contribution is -2.49. The number of carbonyl (C=O) groups is 1. The Morgan fingerprint density at radius 2 is 1.64 bits per heavy atom. The third-order valence-corrected chi connectivity index (χ3v) is 4.07. The molecule has 1 aromatic carbocycles.